The second-order valence-electron chi connectivity index (χ2n) is 9.87. The normalized spacial score (nSPS) is 35.0. The molecule has 1 amide bonds. The first-order valence-electron chi connectivity index (χ1n) is 11.2. The topological polar surface area (TPSA) is 32.3 Å². The molecule has 3 nitrogen and oxygen atoms in total. The van der Waals surface area contributed by atoms with Gasteiger partial charge >= 0.3 is 0 Å². The summed E-state index contributed by atoms with van der Waals surface area (Å²) >= 11 is 0. The van der Waals surface area contributed by atoms with E-state index in [1.165, 1.54) is 75.6 Å². The number of amides is 1. The van der Waals surface area contributed by atoms with E-state index in [9.17, 15) is 4.79 Å². The lowest BCUT2D eigenvalue weighted by molar-refractivity contribution is -0.119. The van der Waals surface area contributed by atoms with Crippen molar-refractivity contribution < 1.29 is 7.65 Å². The summed E-state index contributed by atoms with van der Waals surface area (Å²) in [7, 11) is 0. The molecule has 2 unspecified atom stereocenters. The first-order chi connectivity index (χ1) is 13.1. The summed E-state index contributed by atoms with van der Waals surface area (Å²) < 4.78 is 0. The van der Waals surface area contributed by atoms with E-state index in [0.29, 0.717) is 5.41 Å². The highest BCUT2D eigenvalue weighted by Crippen LogP contribution is 2.49. The predicted octanol–water partition coefficient (Wildman–Crippen LogP) is 5.06. The third-order valence-electron chi connectivity index (χ3n) is 8.33. The number of benzene rings is 1. The molecule has 1 heterocycles. The van der Waals surface area contributed by atoms with Crippen LogP contribution >= 0.6 is 0 Å². The van der Waals surface area contributed by atoms with E-state index in [1.807, 2.05) is 0 Å². The zero-order valence-corrected chi connectivity index (χ0v) is 16.8. The molecule has 0 aromatic heterocycles. The average molecular weight is 371 g/mol. The number of fused-ring (bicyclic) bond motifs is 4. The summed E-state index contributed by atoms with van der Waals surface area (Å²) in [6.07, 6.45) is 12.3. The Hall–Kier alpha value is -1.35. The fourth-order valence-electron chi connectivity index (χ4n) is 7.00. The van der Waals surface area contributed by atoms with Gasteiger partial charge in [-0.05, 0) is 86.4 Å². The Morgan fingerprint density at radius 2 is 1.74 bits per heavy atom. The maximum Gasteiger partial charge on any atom is 0.217 e. The van der Waals surface area contributed by atoms with E-state index in [1.54, 1.807) is 6.92 Å². The smallest absolute Gasteiger partial charge is 0.217 e. The van der Waals surface area contributed by atoms with E-state index in [0.717, 1.165) is 24.3 Å². The van der Waals surface area contributed by atoms with Crippen LogP contribution < -0.4 is 5.32 Å². The Morgan fingerprint density at radius 1 is 1.04 bits per heavy atom. The van der Waals surface area contributed by atoms with Gasteiger partial charge in [0.2, 0.25) is 5.91 Å². The Morgan fingerprint density at radius 3 is 2.44 bits per heavy atom. The van der Waals surface area contributed by atoms with E-state index < -0.39 is 0 Å². The number of hydrogen-bond acceptors (Lipinski definition) is 2. The van der Waals surface area contributed by atoms with E-state index in [4.69, 9.17) is 0 Å². The van der Waals surface area contributed by atoms with Gasteiger partial charge < -0.3 is 10.2 Å². The Labute approximate surface area is 166 Å². The minimum atomic E-state index is 0. The van der Waals surface area contributed by atoms with Crippen LogP contribution in [0.2, 0.25) is 0 Å². The first-order valence-corrected chi connectivity index (χ1v) is 11.2. The summed E-state index contributed by atoms with van der Waals surface area (Å²) in [5.41, 5.74) is 3.25. The molecule has 5 rings (SSSR count). The van der Waals surface area contributed by atoms with Gasteiger partial charge in [0.05, 0.1) is 6.04 Å². The summed E-state index contributed by atoms with van der Waals surface area (Å²) in [6, 6.07) is 10.00. The second-order valence-corrected chi connectivity index (χ2v) is 9.87. The van der Waals surface area contributed by atoms with Crippen molar-refractivity contribution in [1.82, 2.24) is 10.2 Å². The Bertz CT molecular complexity index is 705. The lowest BCUT2D eigenvalue weighted by atomic mass is 9.63. The van der Waals surface area contributed by atoms with Crippen LogP contribution in [0.5, 0.6) is 0 Å². The number of nitrogens with zero attached hydrogens (tertiary/aromatic N) is 1. The van der Waals surface area contributed by atoms with Crippen LogP contribution in [0.25, 0.3) is 0 Å². The Balaban J connectivity index is 0.00000120. The lowest BCUT2D eigenvalue weighted by Gasteiger charge is -2.49. The van der Waals surface area contributed by atoms with Crippen LogP contribution in [0, 0.1) is 11.8 Å². The summed E-state index contributed by atoms with van der Waals surface area (Å²) in [5.74, 6) is 2.14. The molecule has 1 N–H and O–H groups in total. The van der Waals surface area contributed by atoms with Crippen molar-refractivity contribution >= 4 is 5.91 Å². The van der Waals surface area contributed by atoms with E-state index in [2.05, 4.69) is 34.5 Å². The molecule has 0 radical (unpaired) electrons. The quantitative estimate of drug-likeness (QED) is 0.789. The molecule has 4 atom stereocenters. The predicted molar refractivity (Wildman–Crippen MR) is 113 cm³/mol. The molecule has 1 spiro atoms. The largest absolute Gasteiger partial charge is 0.350 e. The van der Waals surface area contributed by atoms with Crippen LogP contribution in [-0.2, 0) is 10.2 Å². The summed E-state index contributed by atoms with van der Waals surface area (Å²) in [5, 5.41) is 3.19. The number of piperidine rings is 1. The third-order valence-corrected chi connectivity index (χ3v) is 8.33. The number of rotatable bonds is 2. The maximum absolute atomic E-state index is 11.6. The molecule has 3 fully saturated rings. The highest BCUT2D eigenvalue weighted by atomic mass is 16.1. The molecule has 1 aromatic rings. The molecule has 4 aliphatic rings. The van der Waals surface area contributed by atoms with Gasteiger partial charge in [0.25, 0.3) is 0 Å². The highest BCUT2D eigenvalue weighted by Gasteiger charge is 2.44. The van der Waals surface area contributed by atoms with Crippen molar-refractivity contribution in [2.75, 3.05) is 13.1 Å². The molecule has 150 valence electrons. The number of carbonyl (C=O) groups excluding carboxylic acids is 1. The van der Waals surface area contributed by atoms with Gasteiger partial charge in [0.15, 0.2) is 0 Å². The summed E-state index contributed by atoms with van der Waals surface area (Å²) in [4.78, 5) is 14.5. The van der Waals surface area contributed by atoms with Crippen molar-refractivity contribution in [2.24, 2.45) is 11.8 Å². The third kappa shape index (κ3) is 3.22. The molecular weight excluding hydrogens is 332 g/mol. The van der Waals surface area contributed by atoms with Gasteiger partial charge in [0, 0.05) is 15.8 Å². The van der Waals surface area contributed by atoms with Gasteiger partial charge in [0.1, 0.15) is 0 Å². The molecule has 1 aliphatic heterocycles. The number of carbonyl (C=O) groups is 1. The molecule has 1 aromatic carbocycles. The minimum Gasteiger partial charge on any atom is -0.350 e. The van der Waals surface area contributed by atoms with Crippen molar-refractivity contribution in [2.45, 2.75) is 82.2 Å². The maximum atomic E-state index is 11.6. The number of likely N-dealkylation sites (tertiary alicyclic amines) is 1. The SMILES string of the molecule is CC(=O)N[C@H]1CCC2(CCN(C3CC4CC[C@H](C4)C3)CC2)c2ccccc21.[HH].[HH]. The van der Waals surface area contributed by atoms with Crippen molar-refractivity contribution in [3.05, 3.63) is 35.4 Å². The van der Waals surface area contributed by atoms with Crippen LogP contribution in [0.4, 0.5) is 0 Å². The van der Waals surface area contributed by atoms with Crippen LogP contribution in [-0.4, -0.2) is 29.9 Å². The first kappa shape index (κ1) is 17.7. The van der Waals surface area contributed by atoms with Crippen LogP contribution in [0.15, 0.2) is 24.3 Å². The highest BCUT2D eigenvalue weighted by molar-refractivity contribution is 5.73. The van der Waals surface area contributed by atoms with Gasteiger partial charge in [-0.25, -0.2) is 0 Å². The molecule has 1 saturated heterocycles. The van der Waals surface area contributed by atoms with E-state index >= 15 is 0 Å². The van der Waals surface area contributed by atoms with Gasteiger partial charge in [-0.15, -0.1) is 0 Å². The summed E-state index contributed by atoms with van der Waals surface area (Å²) in [6.45, 7) is 4.18. The van der Waals surface area contributed by atoms with Crippen molar-refractivity contribution in [3.8, 4) is 0 Å². The van der Waals surface area contributed by atoms with Crippen molar-refractivity contribution in [1.29, 1.82) is 0 Å². The van der Waals surface area contributed by atoms with Crippen LogP contribution in [0.3, 0.4) is 0 Å². The standard InChI is InChI=1S/C24H34N2O.2H2/c1-17(27)25-23-8-9-24(22-5-3-2-4-21(22)23)10-12-26(13-11-24)20-15-18-6-7-19(14-18)16-20;;/h2-5,18-20,23H,6-16H2,1H3,(H,25,27);2*1H/t18-,19?,20?,23+;;/m1../s1. The van der Waals surface area contributed by atoms with Crippen LogP contribution in [0.1, 0.15) is 84.7 Å². The second kappa shape index (κ2) is 6.92. The van der Waals surface area contributed by atoms with Gasteiger partial charge in [-0.2, -0.15) is 0 Å². The Kier molecular flexibility index (Phi) is 4.54. The molecule has 3 heteroatoms. The molecule has 27 heavy (non-hydrogen) atoms. The fraction of sp³-hybridized carbons (Fsp3) is 0.708. The molecule has 3 aliphatic carbocycles. The minimum absolute atomic E-state index is 0. The zero-order chi connectivity index (χ0) is 18.4. The monoisotopic (exact) mass is 370 g/mol. The number of hydrogen-bond donors (Lipinski definition) is 1. The van der Waals surface area contributed by atoms with Gasteiger partial charge in [-0.3, -0.25) is 4.79 Å². The van der Waals surface area contributed by atoms with Crippen molar-refractivity contribution in [3.63, 3.8) is 0 Å². The van der Waals surface area contributed by atoms with Gasteiger partial charge in [-0.1, -0.05) is 37.1 Å². The van der Waals surface area contributed by atoms with E-state index in [-0.39, 0.29) is 14.8 Å². The molecule has 2 saturated carbocycles. The lowest BCUT2D eigenvalue weighted by Crippen LogP contribution is -2.50. The molecular formula is C24H38N2O. The number of nitrogens with one attached hydrogen (secondary N) is 1. The average Bonchev–Trinajstić information content (AvgIpc) is 3.02. The fourth-order valence-corrected chi connectivity index (χ4v) is 7.00. The molecule has 2 bridgehead atoms. The zero-order valence-electron chi connectivity index (χ0n) is 16.8.